The molecule has 3 heteroatoms. The van der Waals surface area contributed by atoms with E-state index < -0.39 is 0 Å². The molecule has 0 rings (SSSR count). The highest BCUT2D eigenvalue weighted by Gasteiger charge is 2.01. The van der Waals surface area contributed by atoms with Crippen LogP contribution < -0.4 is 5.32 Å². The van der Waals surface area contributed by atoms with Gasteiger partial charge in [-0.1, -0.05) is 6.92 Å². The van der Waals surface area contributed by atoms with Crippen LogP contribution in [-0.4, -0.2) is 38.1 Å². The van der Waals surface area contributed by atoms with Crippen molar-refractivity contribution in [1.82, 2.24) is 5.32 Å². The van der Waals surface area contributed by atoms with Crippen LogP contribution in [0.5, 0.6) is 0 Å². The van der Waals surface area contributed by atoms with Gasteiger partial charge in [0.2, 0.25) is 5.91 Å². The number of rotatable bonds is 4. The molecule has 0 saturated heterocycles. The minimum absolute atomic E-state index is 0.00935. The molecule has 0 aliphatic rings. The zero-order valence-electron chi connectivity index (χ0n) is 8.42. The van der Waals surface area contributed by atoms with Gasteiger partial charge in [0.1, 0.15) is 6.20 Å². The Bertz CT molecular complexity index is 168. The van der Waals surface area contributed by atoms with Crippen molar-refractivity contribution in [2.24, 2.45) is 0 Å². The van der Waals surface area contributed by atoms with E-state index in [1.54, 1.807) is 6.08 Å². The second-order valence-electron chi connectivity index (χ2n) is 3.72. The molecule has 0 fully saturated rings. The third-order valence-electron chi connectivity index (χ3n) is 1.22. The maximum atomic E-state index is 11.0. The molecule has 1 amide bonds. The third kappa shape index (κ3) is 7.28. The van der Waals surface area contributed by atoms with Crippen molar-refractivity contribution in [1.29, 1.82) is 0 Å². The van der Waals surface area contributed by atoms with E-state index >= 15 is 0 Å². The molecular weight excluding hydrogens is 152 g/mol. The second-order valence-corrected chi connectivity index (χ2v) is 3.72. The minimum Gasteiger partial charge on any atom is -0.352 e. The molecule has 0 aromatic heterocycles. The Kier molecular flexibility index (Phi) is 4.59. The summed E-state index contributed by atoms with van der Waals surface area (Å²) < 4.78 is 0.666. The van der Waals surface area contributed by atoms with Crippen molar-refractivity contribution in [3.63, 3.8) is 0 Å². The molecule has 0 heterocycles. The Morgan fingerprint density at radius 1 is 1.42 bits per heavy atom. The predicted octanol–water partition coefficient (Wildman–Crippen LogP) is 0.732. The molecule has 0 atom stereocenters. The molecule has 0 spiro atoms. The van der Waals surface area contributed by atoms with Gasteiger partial charge in [-0.05, 0) is 6.42 Å². The van der Waals surface area contributed by atoms with Gasteiger partial charge >= 0.3 is 0 Å². The molecule has 0 radical (unpaired) electrons. The number of carbonyl (C=O) groups excluding carboxylic acids is 1. The maximum absolute atomic E-state index is 11.0. The van der Waals surface area contributed by atoms with Crippen LogP contribution in [-0.2, 0) is 4.79 Å². The highest BCUT2D eigenvalue weighted by Crippen LogP contribution is 1.90. The van der Waals surface area contributed by atoms with Crippen LogP contribution in [0.1, 0.15) is 13.3 Å². The molecule has 1 N–H and O–H groups in total. The SMILES string of the molecule is CCCNC(=O)/C=C/[N+](C)(C)C. The van der Waals surface area contributed by atoms with E-state index in [1.165, 1.54) is 0 Å². The Hall–Kier alpha value is -0.830. The maximum Gasteiger partial charge on any atom is 0.249 e. The predicted molar refractivity (Wildman–Crippen MR) is 50.5 cm³/mol. The lowest BCUT2D eigenvalue weighted by molar-refractivity contribution is -0.817. The van der Waals surface area contributed by atoms with Crippen LogP contribution in [0.2, 0.25) is 0 Å². The van der Waals surface area contributed by atoms with Gasteiger partial charge in [-0.25, -0.2) is 0 Å². The summed E-state index contributed by atoms with van der Waals surface area (Å²) in [7, 11) is 6.01. The smallest absolute Gasteiger partial charge is 0.249 e. The topological polar surface area (TPSA) is 29.1 Å². The van der Waals surface area contributed by atoms with Crippen molar-refractivity contribution in [3.05, 3.63) is 12.3 Å². The van der Waals surface area contributed by atoms with Crippen molar-refractivity contribution in [2.45, 2.75) is 13.3 Å². The summed E-state index contributed by atoms with van der Waals surface area (Å²) in [5.41, 5.74) is 0. The Morgan fingerprint density at radius 2 is 2.00 bits per heavy atom. The zero-order chi connectivity index (χ0) is 9.61. The fraction of sp³-hybridized carbons (Fsp3) is 0.667. The third-order valence-corrected chi connectivity index (χ3v) is 1.22. The normalized spacial score (nSPS) is 12.0. The molecular formula is C9H19N2O+. The molecule has 0 bridgehead atoms. The van der Waals surface area contributed by atoms with Crippen molar-refractivity contribution in [3.8, 4) is 0 Å². The first-order chi connectivity index (χ1) is 5.45. The van der Waals surface area contributed by atoms with Gasteiger partial charge in [0.05, 0.1) is 27.2 Å². The van der Waals surface area contributed by atoms with E-state index in [-0.39, 0.29) is 5.91 Å². The number of quaternary nitrogens is 1. The fourth-order valence-electron chi connectivity index (χ4n) is 0.598. The van der Waals surface area contributed by atoms with Gasteiger partial charge in [-0.2, -0.15) is 0 Å². The van der Waals surface area contributed by atoms with Gasteiger partial charge in [0, 0.05) is 6.54 Å². The van der Waals surface area contributed by atoms with E-state index in [2.05, 4.69) is 5.32 Å². The largest absolute Gasteiger partial charge is 0.352 e. The monoisotopic (exact) mass is 171 g/mol. The van der Waals surface area contributed by atoms with E-state index in [1.807, 2.05) is 34.3 Å². The number of carbonyl (C=O) groups is 1. The van der Waals surface area contributed by atoms with Crippen molar-refractivity contribution < 1.29 is 9.28 Å². The highest BCUT2D eigenvalue weighted by molar-refractivity contribution is 5.87. The van der Waals surface area contributed by atoms with Crippen LogP contribution in [0.15, 0.2) is 12.3 Å². The summed E-state index contributed by atoms with van der Waals surface area (Å²) in [5, 5.41) is 2.77. The summed E-state index contributed by atoms with van der Waals surface area (Å²) >= 11 is 0. The average Bonchev–Trinajstić information content (AvgIpc) is 1.95. The van der Waals surface area contributed by atoms with Gasteiger partial charge in [-0.15, -0.1) is 0 Å². The van der Waals surface area contributed by atoms with E-state index in [0.717, 1.165) is 13.0 Å². The lowest BCUT2D eigenvalue weighted by Gasteiger charge is -2.16. The van der Waals surface area contributed by atoms with E-state index in [9.17, 15) is 4.79 Å². The molecule has 0 aromatic carbocycles. The molecule has 70 valence electrons. The summed E-state index contributed by atoms with van der Waals surface area (Å²) in [6, 6.07) is 0. The number of hydrogen-bond acceptors (Lipinski definition) is 1. The molecule has 0 aliphatic heterocycles. The van der Waals surface area contributed by atoms with E-state index in [0.29, 0.717) is 4.48 Å². The van der Waals surface area contributed by atoms with Crippen LogP contribution in [0.25, 0.3) is 0 Å². The van der Waals surface area contributed by atoms with Gasteiger partial charge in [0.25, 0.3) is 0 Å². The average molecular weight is 171 g/mol. The van der Waals surface area contributed by atoms with Gasteiger partial charge < -0.3 is 9.80 Å². The van der Waals surface area contributed by atoms with Gasteiger partial charge in [0.15, 0.2) is 0 Å². The van der Waals surface area contributed by atoms with E-state index in [4.69, 9.17) is 0 Å². The molecule has 12 heavy (non-hydrogen) atoms. The summed E-state index contributed by atoms with van der Waals surface area (Å²) in [6.45, 7) is 2.78. The molecule has 3 nitrogen and oxygen atoms in total. The number of hydrogen-bond donors (Lipinski definition) is 1. The summed E-state index contributed by atoms with van der Waals surface area (Å²) in [5.74, 6) is -0.00935. The lowest BCUT2D eigenvalue weighted by Crippen LogP contribution is -2.29. The molecule has 0 aliphatic carbocycles. The second kappa shape index (κ2) is 4.93. The lowest BCUT2D eigenvalue weighted by atomic mass is 10.4. The summed E-state index contributed by atoms with van der Waals surface area (Å²) in [4.78, 5) is 11.0. The highest BCUT2D eigenvalue weighted by atomic mass is 16.1. The zero-order valence-corrected chi connectivity index (χ0v) is 8.42. The Labute approximate surface area is 74.7 Å². The van der Waals surface area contributed by atoms with Crippen LogP contribution in [0.4, 0.5) is 0 Å². The number of amides is 1. The standard InChI is InChI=1S/C9H18N2O/c1-5-7-10-9(12)6-8-11(2,3)4/h6,8H,5,7H2,1-4H3/p+1/b8-6+. The fourth-order valence-corrected chi connectivity index (χ4v) is 0.598. The molecule has 0 unspecified atom stereocenters. The first-order valence-electron chi connectivity index (χ1n) is 4.24. The first kappa shape index (κ1) is 11.2. The van der Waals surface area contributed by atoms with Crippen molar-refractivity contribution >= 4 is 5.91 Å². The number of nitrogens with zero attached hydrogens (tertiary/aromatic N) is 1. The molecule has 0 saturated carbocycles. The number of nitrogens with one attached hydrogen (secondary N) is 1. The Morgan fingerprint density at radius 3 is 2.42 bits per heavy atom. The minimum atomic E-state index is -0.00935. The van der Waals surface area contributed by atoms with Crippen LogP contribution >= 0.6 is 0 Å². The van der Waals surface area contributed by atoms with Crippen molar-refractivity contribution in [2.75, 3.05) is 27.7 Å². The van der Waals surface area contributed by atoms with Crippen LogP contribution in [0, 0.1) is 0 Å². The van der Waals surface area contributed by atoms with Gasteiger partial charge in [-0.3, -0.25) is 4.79 Å². The van der Waals surface area contributed by atoms with Crippen LogP contribution in [0.3, 0.4) is 0 Å². The summed E-state index contributed by atoms with van der Waals surface area (Å²) in [6.07, 6.45) is 4.41. The first-order valence-corrected chi connectivity index (χ1v) is 4.24. The quantitative estimate of drug-likeness (QED) is 0.490. The Balaban J connectivity index is 3.76. The molecule has 0 aromatic rings.